The smallest absolute Gasteiger partial charge is 0.270 e. The molecule has 0 aliphatic carbocycles. The number of nitrogens with one attached hydrogen (secondary N) is 1. The second-order valence-corrected chi connectivity index (χ2v) is 6.75. The van der Waals surface area contributed by atoms with E-state index in [2.05, 4.69) is 38.0 Å². The summed E-state index contributed by atoms with van der Waals surface area (Å²) in [7, 11) is 0. The molecule has 0 aliphatic heterocycles. The number of rotatable bonds is 4. The summed E-state index contributed by atoms with van der Waals surface area (Å²) < 4.78 is 1.65. The highest BCUT2D eigenvalue weighted by Gasteiger charge is 2.24. The molecule has 0 unspecified atom stereocenters. The molecule has 1 aromatic carbocycles. The SMILES string of the molecule is Cc1cccc(Cn2[nH]c(C(C)(C)C)c(CCC#N)c2=O)c1. The first kappa shape index (κ1) is 16.1. The van der Waals surface area contributed by atoms with Gasteiger partial charge in [0, 0.05) is 23.1 Å². The monoisotopic (exact) mass is 297 g/mol. The van der Waals surface area contributed by atoms with Crippen molar-refractivity contribution in [2.45, 2.75) is 52.5 Å². The molecule has 0 atom stereocenters. The minimum Gasteiger partial charge on any atom is -0.299 e. The number of hydrogen-bond donors (Lipinski definition) is 1. The Hall–Kier alpha value is -2.28. The van der Waals surface area contributed by atoms with E-state index in [1.54, 1.807) is 4.68 Å². The maximum atomic E-state index is 12.7. The van der Waals surface area contributed by atoms with Crippen molar-refractivity contribution in [3.8, 4) is 6.07 Å². The van der Waals surface area contributed by atoms with E-state index in [1.807, 2.05) is 25.1 Å². The van der Waals surface area contributed by atoms with E-state index in [-0.39, 0.29) is 11.0 Å². The number of aromatic nitrogens is 2. The normalized spacial score (nSPS) is 11.4. The molecule has 0 fully saturated rings. The van der Waals surface area contributed by atoms with E-state index in [1.165, 1.54) is 5.56 Å². The van der Waals surface area contributed by atoms with Gasteiger partial charge in [-0.2, -0.15) is 5.26 Å². The quantitative estimate of drug-likeness (QED) is 0.941. The molecule has 0 radical (unpaired) electrons. The molecule has 0 aliphatic rings. The molecule has 0 spiro atoms. The van der Waals surface area contributed by atoms with Gasteiger partial charge in [-0.25, -0.2) is 4.68 Å². The third-order valence-electron chi connectivity index (χ3n) is 3.71. The summed E-state index contributed by atoms with van der Waals surface area (Å²) in [5.74, 6) is 0. The Kier molecular flexibility index (Phi) is 4.56. The van der Waals surface area contributed by atoms with Crippen molar-refractivity contribution in [3.63, 3.8) is 0 Å². The number of benzene rings is 1. The molecule has 0 saturated heterocycles. The lowest BCUT2D eigenvalue weighted by Crippen LogP contribution is -2.20. The molecule has 1 aromatic heterocycles. The Morgan fingerprint density at radius 1 is 1.32 bits per heavy atom. The van der Waals surface area contributed by atoms with Gasteiger partial charge in [-0.05, 0) is 18.9 Å². The van der Waals surface area contributed by atoms with Crippen LogP contribution >= 0.6 is 0 Å². The Bertz CT molecular complexity index is 754. The maximum absolute atomic E-state index is 12.7. The van der Waals surface area contributed by atoms with Crippen LogP contribution in [0.4, 0.5) is 0 Å². The predicted molar refractivity (Wildman–Crippen MR) is 88.0 cm³/mol. The first-order valence-electron chi connectivity index (χ1n) is 7.57. The third-order valence-corrected chi connectivity index (χ3v) is 3.71. The Morgan fingerprint density at radius 2 is 2.05 bits per heavy atom. The van der Waals surface area contributed by atoms with Gasteiger partial charge in [0.25, 0.3) is 5.56 Å². The van der Waals surface area contributed by atoms with Crippen LogP contribution in [-0.4, -0.2) is 9.78 Å². The van der Waals surface area contributed by atoms with Crippen LogP contribution in [0.1, 0.15) is 49.6 Å². The summed E-state index contributed by atoms with van der Waals surface area (Å²) in [6.07, 6.45) is 0.861. The van der Waals surface area contributed by atoms with Gasteiger partial charge in [-0.15, -0.1) is 0 Å². The van der Waals surface area contributed by atoms with Gasteiger partial charge >= 0.3 is 0 Å². The van der Waals surface area contributed by atoms with Crippen molar-refractivity contribution < 1.29 is 0 Å². The minimum absolute atomic E-state index is 0.0123. The van der Waals surface area contributed by atoms with Crippen LogP contribution in [-0.2, 0) is 18.4 Å². The van der Waals surface area contributed by atoms with Crippen molar-refractivity contribution in [2.75, 3.05) is 0 Å². The highest BCUT2D eigenvalue weighted by molar-refractivity contribution is 5.27. The Balaban J connectivity index is 2.43. The van der Waals surface area contributed by atoms with Crippen molar-refractivity contribution in [1.82, 2.24) is 9.78 Å². The number of hydrogen-bond acceptors (Lipinski definition) is 2. The van der Waals surface area contributed by atoms with E-state index in [9.17, 15) is 4.79 Å². The number of nitrogens with zero attached hydrogens (tertiary/aromatic N) is 2. The first-order valence-corrected chi connectivity index (χ1v) is 7.57. The molecule has 116 valence electrons. The average molecular weight is 297 g/mol. The van der Waals surface area contributed by atoms with Crippen molar-refractivity contribution in [2.24, 2.45) is 0 Å². The standard InChI is InChI=1S/C18H23N3O/c1-13-7-5-8-14(11-13)12-21-17(22)15(9-6-10-19)16(20-21)18(2,3)4/h5,7-8,11,20H,6,9,12H2,1-4H3. The predicted octanol–water partition coefficient (Wildman–Crippen LogP) is 3.29. The molecule has 0 bridgehead atoms. The second kappa shape index (κ2) is 6.23. The van der Waals surface area contributed by atoms with E-state index in [0.29, 0.717) is 19.4 Å². The molecular weight excluding hydrogens is 274 g/mol. The second-order valence-electron chi connectivity index (χ2n) is 6.75. The van der Waals surface area contributed by atoms with E-state index in [4.69, 9.17) is 5.26 Å². The Morgan fingerprint density at radius 3 is 2.64 bits per heavy atom. The molecule has 4 nitrogen and oxygen atoms in total. The molecule has 2 rings (SSSR count). The zero-order chi connectivity index (χ0) is 16.3. The summed E-state index contributed by atoms with van der Waals surface area (Å²) in [5, 5.41) is 12.1. The summed E-state index contributed by atoms with van der Waals surface area (Å²) >= 11 is 0. The van der Waals surface area contributed by atoms with Gasteiger partial charge in [0.1, 0.15) is 0 Å². The molecule has 4 heteroatoms. The molecule has 22 heavy (non-hydrogen) atoms. The van der Waals surface area contributed by atoms with Crippen LogP contribution in [0.3, 0.4) is 0 Å². The first-order chi connectivity index (χ1) is 10.3. The number of nitriles is 1. The van der Waals surface area contributed by atoms with Gasteiger partial charge in [0.2, 0.25) is 0 Å². The third kappa shape index (κ3) is 3.48. The lowest BCUT2D eigenvalue weighted by molar-refractivity contribution is 0.539. The topological polar surface area (TPSA) is 61.6 Å². The number of aryl methyl sites for hydroxylation is 1. The number of aromatic amines is 1. The highest BCUT2D eigenvalue weighted by atomic mass is 16.1. The van der Waals surface area contributed by atoms with E-state index >= 15 is 0 Å². The summed E-state index contributed by atoms with van der Waals surface area (Å²) in [6, 6.07) is 10.3. The largest absolute Gasteiger partial charge is 0.299 e. The van der Waals surface area contributed by atoms with Crippen LogP contribution in [0.2, 0.25) is 0 Å². The highest BCUT2D eigenvalue weighted by Crippen LogP contribution is 2.23. The molecule has 2 aromatic rings. The summed E-state index contributed by atoms with van der Waals surface area (Å²) in [6.45, 7) is 8.79. The Labute approximate surface area is 131 Å². The van der Waals surface area contributed by atoms with Crippen molar-refractivity contribution >= 4 is 0 Å². The maximum Gasteiger partial charge on any atom is 0.270 e. The molecule has 1 heterocycles. The zero-order valence-corrected chi connectivity index (χ0v) is 13.7. The summed E-state index contributed by atoms with van der Waals surface area (Å²) in [4.78, 5) is 12.7. The van der Waals surface area contributed by atoms with Crippen LogP contribution in [0.5, 0.6) is 0 Å². The van der Waals surface area contributed by atoms with Gasteiger partial charge in [0.15, 0.2) is 0 Å². The fraction of sp³-hybridized carbons (Fsp3) is 0.444. The average Bonchev–Trinajstić information content (AvgIpc) is 2.74. The van der Waals surface area contributed by atoms with Gasteiger partial charge in [-0.1, -0.05) is 50.6 Å². The molecular formula is C18H23N3O. The van der Waals surface area contributed by atoms with E-state index < -0.39 is 0 Å². The van der Waals surface area contributed by atoms with Crippen LogP contribution in [0, 0.1) is 18.3 Å². The van der Waals surface area contributed by atoms with Crippen LogP contribution < -0.4 is 5.56 Å². The number of H-pyrrole nitrogens is 1. The fourth-order valence-corrected chi connectivity index (χ4v) is 2.66. The van der Waals surface area contributed by atoms with Gasteiger partial charge < -0.3 is 0 Å². The fourth-order valence-electron chi connectivity index (χ4n) is 2.66. The van der Waals surface area contributed by atoms with Crippen LogP contribution in [0.25, 0.3) is 0 Å². The van der Waals surface area contributed by atoms with Crippen molar-refractivity contribution in [1.29, 1.82) is 5.26 Å². The summed E-state index contributed by atoms with van der Waals surface area (Å²) in [5.41, 5.74) is 3.78. The van der Waals surface area contributed by atoms with E-state index in [0.717, 1.165) is 16.8 Å². The van der Waals surface area contributed by atoms with Crippen molar-refractivity contribution in [3.05, 3.63) is 57.0 Å². The zero-order valence-electron chi connectivity index (χ0n) is 13.7. The molecule has 0 amide bonds. The lowest BCUT2D eigenvalue weighted by Gasteiger charge is -2.18. The van der Waals surface area contributed by atoms with Crippen LogP contribution in [0.15, 0.2) is 29.1 Å². The van der Waals surface area contributed by atoms with Gasteiger partial charge in [-0.3, -0.25) is 9.89 Å². The molecule has 0 saturated carbocycles. The van der Waals surface area contributed by atoms with Gasteiger partial charge in [0.05, 0.1) is 12.6 Å². The minimum atomic E-state index is -0.151. The lowest BCUT2D eigenvalue weighted by atomic mass is 9.88. The molecule has 1 N–H and O–H groups in total.